The third-order valence-electron chi connectivity index (χ3n) is 4.63. The molecule has 3 N–H and O–H groups in total. The number of aliphatic carboxylic acids is 1. The van der Waals surface area contributed by atoms with Crippen molar-refractivity contribution in [1.29, 1.82) is 0 Å². The molecule has 1 amide bonds. The van der Waals surface area contributed by atoms with E-state index in [0.29, 0.717) is 17.0 Å². The van der Waals surface area contributed by atoms with E-state index in [4.69, 9.17) is 19.9 Å². The number of carboxylic acid groups (broad SMARTS) is 1. The van der Waals surface area contributed by atoms with E-state index in [1.54, 1.807) is 18.2 Å². The maximum atomic E-state index is 11.5. The summed E-state index contributed by atoms with van der Waals surface area (Å²) in [5.74, 6) is -0.405. The molecule has 1 aliphatic rings. The maximum Gasteiger partial charge on any atom is 0.304 e. The molecule has 29 heavy (non-hydrogen) atoms. The summed E-state index contributed by atoms with van der Waals surface area (Å²) in [6.45, 7) is -0.118. The molecular formula is C21H18N2O6. The van der Waals surface area contributed by atoms with Crippen molar-refractivity contribution in [2.45, 2.75) is 12.3 Å². The molecule has 1 atom stereocenters. The van der Waals surface area contributed by atoms with Crippen LogP contribution in [0.5, 0.6) is 17.4 Å². The summed E-state index contributed by atoms with van der Waals surface area (Å²) in [6.07, 6.45) is -0.0942. The highest BCUT2D eigenvalue weighted by Gasteiger charge is 2.22. The molecule has 2 aromatic carbocycles. The minimum absolute atomic E-state index is 0.0942. The average Bonchev–Trinajstić information content (AvgIpc) is 3.17. The van der Waals surface area contributed by atoms with Gasteiger partial charge in [-0.05, 0) is 35.4 Å². The first kappa shape index (κ1) is 18.5. The van der Waals surface area contributed by atoms with Crippen molar-refractivity contribution in [1.82, 2.24) is 4.98 Å². The van der Waals surface area contributed by atoms with Gasteiger partial charge in [-0.25, -0.2) is 4.98 Å². The molecule has 4 rings (SSSR count). The lowest BCUT2D eigenvalue weighted by Crippen LogP contribution is -2.20. The molecule has 2 heterocycles. The van der Waals surface area contributed by atoms with Crippen LogP contribution in [0.25, 0.3) is 10.9 Å². The first-order valence-corrected chi connectivity index (χ1v) is 8.93. The minimum atomic E-state index is -0.917. The third kappa shape index (κ3) is 4.06. The summed E-state index contributed by atoms with van der Waals surface area (Å²) in [4.78, 5) is 26.8. The number of carbonyl (C=O) groups excluding carboxylic acids is 1. The fourth-order valence-corrected chi connectivity index (χ4v) is 3.29. The summed E-state index contributed by atoms with van der Waals surface area (Å²) in [5, 5.41) is 10.3. The Labute approximate surface area is 165 Å². The normalized spacial score (nSPS) is 13.2. The molecule has 0 radical (unpaired) electrons. The van der Waals surface area contributed by atoms with Gasteiger partial charge in [-0.3, -0.25) is 9.59 Å². The largest absolute Gasteiger partial charge is 0.481 e. The van der Waals surface area contributed by atoms with Gasteiger partial charge in [0.2, 0.25) is 12.7 Å². The number of pyridine rings is 1. The highest BCUT2D eigenvalue weighted by atomic mass is 16.7. The monoisotopic (exact) mass is 394 g/mol. The van der Waals surface area contributed by atoms with E-state index in [-0.39, 0.29) is 25.7 Å². The summed E-state index contributed by atoms with van der Waals surface area (Å²) in [6, 6.07) is 14.5. The summed E-state index contributed by atoms with van der Waals surface area (Å²) < 4.78 is 16.0. The average molecular weight is 394 g/mol. The SMILES string of the molecule is NC(=O)COc1ccc2ccc(C(CC(=O)O)c3ccc4c(c3)OCO4)cc2n1. The number of nitrogens with zero attached hydrogens (tertiary/aromatic N) is 1. The first-order valence-electron chi connectivity index (χ1n) is 8.93. The number of benzene rings is 2. The smallest absolute Gasteiger partial charge is 0.304 e. The van der Waals surface area contributed by atoms with Crippen molar-refractivity contribution in [3.8, 4) is 17.4 Å². The van der Waals surface area contributed by atoms with Gasteiger partial charge in [0.25, 0.3) is 5.91 Å². The molecule has 1 unspecified atom stereocenters. The Morgan fingerprint density at radius 1 is 1.07 bits per heavy atom. The molecule has 0 aliphatic carbocycles. The van der Waals surface area contributed by atoms with Crippen LogP contribution in [-0.2, 0) is 9.59 Å². The Bertz CT molecular complexity index is 1100. The Balaban J connectivity index is 1.71. The third-order valence-corrected chi connectivity index (χ3v) is 4.63. The minimum Gasteiger partial charge on any atom is -0.481 e. The van der Waals surface area contributed by atoms with Gasteiger partial charge < -0.3 is 25.1 Å². The van der Waals surface area contributed by atoms with Crippen LogP contribution in [0.1, 0.15) is 23.5 Å². The van der Waals surface area contributed by atoms with Gasteiger partial charge >= 0.3 is 5.97 Å². The fourth-order valence-electron chi connectivity index (χ4n) is 3.29. The molecule has 148 valence electrons. The van der Waals surface area contributed by atoms with Crippen molar-refractivity contribution in [2.75, 3.05) is 13.4 Å². The van der Waals surface area contributed by atoms with E-state index in [1.165, 1.54) is 0 Å². The van der Waals surface area contributed by atoms with E-state index in [0.717, 1.165) is 16.5 Å². The van der Waals surface area contributed by atoms with Crippen LogP contribution < -0.4 is 19.9 Å². The predicted octanol–water partition coefficient (Wildman–Crippen LogP) is 2.43. The van der Waals surface area contributed by atoms with Gasteiger partial charge in [-0.1, -0.05) is 18.2 Å². The van der Waals surface area contributed by atoms with Crippen molar-refractivity contribution < 1.29 is 28.9 Å². The lowest BCUT2D eigenvalue weighted by Gasteiger charge is -2.17. The maximum absolute atomic E-state index is 11.5. The Kier molecular flexibility index (Phi) is 4.90. The zero-order chi connectivity index (χ0) is 20.4. The van der Waals surface area contributed by atoms with Gasteiger partial charge in [0.1, 0.15) is 0 Å². The van der Waals surface area contributed by atoms with Crippen LogP contribution >= 0.6 is 0 Å². The zero-order valence-corrected chi connectivity index (χ0v) is 15.3. The fraction of sp³-hybridized carbons (Fsp3) is 0.190. The number of amides is 1. The van der Waals surface area contributed by atoms with E-state index < -0.39 is 17.8 Å². The Morgan fingerprint density at radius 2 is 1.79 bits per heavy atom. The Morgan fingerprint density at radius 3 is 2.59 bits per heavy atom. The summed E-state index contributed by atoms with van der Waals surface area (Å²) in [5.41, 5.74) is 7.32. The van der Waals surface area contributed by atoms with Gasteiger partial charge in [-0.2, -0.15) is 0 Å². The van der Waals surface area contributed by atoms with Crippen molar-refractivity contribution in [3.05, 3.63) is 59.7 Å². The second kappa shape index (κ2) is 7.67. The molecule has 1 aliphatic heterocycles. The number of rotatable bonds is 7. The van der Waals surface area contributed by atoms with E-state index in [9.17, 15) is 14.7 Å². The predicted molar refractivity (Wildman–Crippen MR) is 103 cm³/mol. The molecule has 8 nitrogen and oxygen atoms in total. The second-order valence-corrected chi connectivity index (χ2v) is 6.62. The summed E-state index contributed by atoms with van der Waals surface area (Å²) in [7, 11) is 0. The number of fused-ring (bicyclic) bond motifs is 2. The van der Waals surface area contributed by atoms with Crippen molar-refractivity contribution in [2.24, 2.45) is 5.73 Å². The number of nitrogens with two attached hydrogens (primary N) is 1. The highest BCUT2D eigenvalue weighted by Crippen LogP contribution is 2.38. The first-order chi connectivity index (χ1) is 14.0. The Hall–Kier alpha value is -3.81. The van der Waals surface area contributed by atoms with Gasteiger partial charge in [-0.15, -0.1) is 0 Å². The van der Waals surface area contributed by atoms with Gasteiger partial charge in [0, 0.05) is 17.4 Å². The molecule has 0 spiro atoms. The van der Waals surface area contributed by atoms with Crippen LogP contribution in [0.4, 0.5) is 0 Å². The number of aromatic nitrogens is 1. The number of hydrogen-bond acceptors (Lipinski definition) is 6. The molecular weight excluding hydrogens is 376 g/mol. The summed E-state index contributed by atoms with van der Waals surface area (Å²) >= 11 is 0. The van der Waals surface area contributed by atoms with Crippen LogP contribution in [0.2, 0.25) is 0 Å². The number of hydrogen-bond donors (Lipinski definition) is 2. The van der Waals surface area contributed by atoms with E-state index >= 15 is 0 Å². The molecule has 0 bridgehead atoms. The van der Waals surface area contributed by atoms with Gasteiger partial charge in [0.15, 0.2) is 18.1 Å². The van der Waals surface area contributed by atoms with E-state index in [2.05, 4.69) is 4.98 Å². The molecule has 0 saturated carbocycles. The molecule has 0 fully saturated rings. The van der Waals surface area contributed by atoms with Crippen molar-refractivity contribution in [3.63, 3.8) is 0 Å². The molecule has 3 aromatic rings. The molecule has 8 heteroatoms. The van der Waals surface area contributed by atoms with Crippen LogP contribution in [0.3, 0.4) is 0 Å². The highest BCUT2D eigenvalue weighted by molar-refractivity contribution is 5.81. The van der Waals surface area contributed by atoms with Crippen LogP contribution in [0, 0.1) is 0 Å². The quantitative estimate of drug-likeness (QED) is 0.631. The topological polar surface area (TPSA) is 121 Å². The van der Waals surface area contributed by atoms with Crippen LogP contribution in [-0.4, -0.2) is 35.4 Å². The van der Waals surface area contributed by atoms with E-state index in [1.807, 2.05) is 30.3 Å². The standard InChI is InChI=1S/C21H18N2O6/c22-19(24)10-27-20-6-4-12-1-2-13(7-16(12)23-20)15(9-21(25)26)14-3-5-17-18(8-14)29-11-28-17/h1-8,15H,9-11H2,(H2,22,24)(H,25,26). The lowest BCUT2D eigenvalue weighted by molar-refractivity contribution is -0.137. The van der Waals surface area contributed by atoms with Gasteiger partial charge in [0.05, 0.1) is 11.9 Å². The van der Waals surface area contributed by atoms with Crippen molar-refractivity contribution >= 4 is 22.8 Å². The molecule has 1 aromatic heterocycles. The number of primary amides is 1. The number of ether oxygens (including phenoxy) is 3. The van der Waals surface area contributed by atoms with Crippen LogP contribution in [0.15, 0.2) is 48.5 Å². The zero-order valence-electron chi connectivity index (χ0n) is 15.3. The number of carbonyl (C=O) groups is 2. The second-order valence-electron chi connectivity index (χ2n) is 6.62. The lowest BCUT2D eigenvalue weighted by atomic mass is 9.88. The number of carboxylic acids is 1. The molecule has 0 saturated heterocycles.